The molecule has 0 spiro atoms. The van der Waals surface area contributed by atoms with Crippen LogP contribution in [0.15, 0.2) is 41.3 Å². The third kappa shape index (κ3) is 9.76. The summed E-state index contributed by atoms with van der Waals surface area (Å²) in [6, 6.07) is 11.3. The number of aryl methyl sites for hydroxylation is 1. The highest BCUT2D eigenvalue weighted by atomic mass is 32.2. The van der Waals surface area contributed by atoms with Gasteiger partial charge in [-0.15, -0.1) is 0 Å². The summed E-state index contributed by atoms with van der Waals surface area (Å²) in [5.74, 6) is -1.08. The fourth-order valence-corrected chi connectivity index (χ4v) is 4.42. The normalized spacial score (nSPS) is 17.1. The summed E-state index contributed by atoms with van der Waals surface area (Å²) >= 11 is 0.947. The molecule has 1 heterocycles. The van der Waals surface area contributed by atoms with Crippen LogP contribution >= 0.6 is 11.9 Å². The molecule has 1 amide bonds. The van der Waals surface area contributed by atoms with Crippen molar-refractivity contribution in [1.29, 1.82) is 5.26 Å². The van der Waals surface area contributed by atoms with Gasteiger partial charge >= 0.3 is 0 Å². The van der Waals surface area contributed by atoms with Crippen LogP contribution in [0.25, 0.3) is 0 Å². The number of benzene rings is 2. The maximum atomic E-state index is 13.6. The van der Waals surface area contributed by atoms with Crippen molar-refractivity contribution in [3.63, 3.8) is 0 Å². The Hall–Kier alpha value is -2.67. The van der Waals surface area contributed by atoms with E-state index >= 15 is 0 Å². The third-order valence-corrected chi connectivity index (χ3v) is 6.68. The monoisotopic (exact) mass is 518 g/mol. The molecule has 1 fully saturated rings. The number of anilines is 1. The van der Waals surface area contributed by atoms with Gasteiger partial charge in [0.15, 0.2) is 0 Å². The highest BCUT2D eigenvalue weighted by Gasteiger charge is 2.36. The molecule has 1 aliphatic heterocycles. The van der Waals surface area contributed by atoms with E-state index in [9.17, 15) is 13.6 Å². The zero-order valence-electron chi connectivity index (χ0n) is 21.3. The van der Waals surface area contributed by atoms with Crippen molar-refractivity contribution in [2.45, 2.75) is 62.4 Å². The number of hydrogen-bond acceptors (Lipinski definition) is 6. The summed E-state index contributed by atoms with van der Waals surface area (Å²) in [4.78, 5) is 14.8. The van der Waals surface area contributed by atoms with E-state index in [2.05, 4.69) is 23.7 Å². The van der Waals surface area contributed by atoms with Gasteiger partial charge < -0.3 is 15.4 Å². The molecule has 6 nitrogen and oxygen atoms in total. The highest BCUT2D eigenvalue weighted by Crippen LogP contribution is 2.28. The van der Waals surface area contributed by atoms with Crippen molar-refractivity contribution >= 4 is 23.5 Å². The number of hydrogen-bond donors (Lipinski definition) is 2. The van der Waals surface area contributed by atoms with E-state index in [0.717, 1.165) is 37.8 Å². The summed E-state index contributed by atoms with van der Waals surface area (Å²) in [6.45, 7) is 3.46. The van der Waals surface area contributed by atoms with Gasteiger partial charge in [-0.25, -0.2) is 8.78 Å². The Morgan fingerprint density at radius 1 is 1.19 bits per heavy atom. The lowest BCUT2D eigenvalue weighted by atomic mass is 9.95. The molecule has 0 aromatic heterocycles. The first-order valence-corrected chi connectivity index (χ1v) is 13.0. The van der Waals surface area contributed by atoms with E-state index in [1.54, 1.807) is 6.92 Å². The molecule has 0 aliphatic carbocycles. The number of nitrogens with one attached hydrogen (secondary N) is 1. The molecule has 3 N–H and O–H groups in total. The first-order chi connectivity index (χ1) is 17.1. The SMILES string of the molecule is CC1(C(=O)NSc2cc(F)c(N)c(C#N)c2)CCCCO1.CN(C)CCCCCc1ccc(F)cc1. The molecular weight excluding hydrogens is 482 g/mol. The molecule has 1 unspecified atom stereocenters. The molecule has 0 saturated carbocycles. The van der Waals surface area contributed by atoms with Gasteiger partial charge in [0, 0.05) is 11.5 Å². The molecule has 1 aliphatic rings. The summed E-state index contributed by atoms with van der Waals surface area (Å²) in [6.07, 6.45) is 7.28. The molecule has 0 bridgehead atoms. The van der Waals surface area contributed by atoms with Gasteiger partial charge in [-0.1, -0.05) is 18.6 Å². The van der Waals surface area contributed by atoms with Crippen LogP contribution in [0.2, 0.25) is 0 Å². The minimum absolute atomic E-state index is 0.0480. The molecule has 1 atom stereocenters. The fourth-order valence-electron chi connectivity index (χ4n) is 3.66. The summed E-state index contributed by atoms with van der Waals surface area (Å²) < 4.78 is 34.3. The molecule has 36 heavy (non-hydrogen) atoms. The summed E-state index contributed by atoms with van der Waals surface area (Å²) in [5, 5.41) is 8.88. The maximum Gasteiger partial charge on any atom is 0.262 e. The van der Waals surface area contributed by atoms with Crippen LogP contribution in [-0.4, -0.2) is 43.7 Å². The molecule has 9 heteroatoms. The van der Waals surface area contributed by atoms with Crippen molar-refractivity contribution in [1.82, 2.24) is 9.62 Å². The number of halogens is 2. The number of nitrogen functional groups attached to an aromatic ring is 1. The number of carbonyl (C=O) groups is 1. The van der Waals surface area contributed by atoms with Gasteiger partial charge in [0.25, 0.3) is 5.91 Å². The summed E-state index contributed by atoms with van der Waals surface area (Å²) in [5.41, 5.74) is 5.69. The first kappa shape index (κ1) is 29.6. The topological polar surface area (TPSA) is 91.4 Å². The Labute approximate surface area is 217 Å². The van der Waals surface area contributed by atoms with Crippen molar-refractivity contribution in [3.8, 4) is 6.07 Å². The second kappa shape index (κ2) is 14.8. The Morgan fingerprint density at radius 3 is 2.53 bits per heavy atom. The smallest absolute Gasteiger partial charge is 0.262 e. The number of nitrogens with two attached hydrogens (primary N) is 1. The molecule has 0 radical (unpaired) electrons. The first-order valence-electron chi connectivity index (χ1n) is 12.1. The average Bonchev–Trinajstić information content (AvgIpc) is 2.86. The van der Waals surface area contributed by atoms with Gasteiger partial charge in [-0.05, 0) is 108 Å². The second-order valence-electron chi connectivity index (χ2n) is 9.29. The van der Waals surface area contributed by atoms with Crippen LogP contribution < -0.4 is 10.5 Å². The Morgan fingerprint density at radius 2 is 1.92 bits per heavy atom. The number of ether oxygens (including phenoxy) is 1. The highest BCUT2D eigenvalue weighted by molar-refractivity contribution is 7.98. The predicted octanol–water partition coefficient (Wildman–Crippen LogP) is 5.46. The van der Waals surface area contributed by atoms with E-state index in [1.165, 1.54) is 49.1 Å². The minimum Gasteiger partial charge on any atom is -0.395 e. The van der Waals surface area contributed by atoms with Crippen LogP contribution in [0.3, 0.4) is 0 Å². The lowest BCUT2D eigenvalue weighted by molar-refractivity contribution is -0.148. The Balaban J connectivity index is 0.000000269. The predicted molar refractivity (Wildman–Crippen MR) is 140 cm³/mol. The lowest BCUT2D eigenvalue weighted by Crippen LogP contribution is -2.46. The molecule has 2 aromatic rings. The van der Waals surface area contributed by atoms with E-state index in [4.69, 9.17) is 15.7 Å². The number of rotatable bonds is 9. The van der Waals surface area contributed by atoms with Crippen LogP contribution in [0.4, 0.5) is 14.5 Å². The molecule has 196 valence electrons. The van der Waals surface area contributed by atoms with Gasteiger partial charge in [-0.2, -0.15) is 5.26 Å². The van der Waals surface area contributed by atoms with Crippen LogP contribution in [0, 0.1) is 23.0 Å². The Kier molecular flexibility index (Phi) is 12.1. The quantitative estimate of drug-likeness (QED) is 0.260. The summed E-state index contributed by atoms with van der Waals surface area (Å²) in [7, 11) is 4.19. The standard InChI is InChI=1S/C14H16FN3O2S.C13H20FN/c1-14(4-2-3-5-20-14)13(19)18-21-10-6-9(8-16)12(17)11(15)7-10;1-15(2)11-5-3-4-6-12-7-9-13(14)10-8-12/h6-7H,2-5,17H2,1H3,(H,18,19);7-10H,3-6,11H2,1-2H3. The largest absolute Gasteiger partial charge is 0.395 e. The molecule has 1 saturated heterocycles. The fraction of sp³-hybridized carbons (Fsp3) is 0.481. The van der Waals surface area contributed by atoms with Crippen LogP contribution in [-0.2, 0) is 16.0 Å². The number of carbonyl (C=O) groups excluding carboxylic acids is 1. The third-order valence-electron chi connectivity index (χ3n) is 5.92. The van der Waals surface area contributed by atoms with Crippen molar-refractivity contribution in [3.05, 3.63) is 59.2 Å². The van der Waals surface area contributed by atoms with Crippen molar-refractivity contribution < 1.29 is 18.3 Å². The van der Waals surface area contributed by atoms with Crippen molar-refractivity contribution in [2.24, 2.45) is 0 Å². The number of amides is 1. The van der Waals surface area contributed by atoms with Gasteiger partial charge in [0.2, 0.25) is 0 Å². The van der Waals surface area contributed by atoms with E-state index in [0.29, 0.717) is 17.9 Å². The van der Waals surface area contributed by atoms with E-state index < -0.39 is 11.4 Å². The van der Waals surface area contributed by atoms with Gasteiger partial charge in [0.1, 0.15) is 23.3 Å². The molecule has 3 rings (SSSR count). The van der Waals surface area contributed by atoms with Crippen LogP contribution in [0.5, 0.6) is 0 Å². The second-order valence-corrected chi connectivity index (χ2v) is 10.2. The molecule has 2 aromatic carbocycles. The number of unbranched alkanes of at least 4 members (excludes halogenated alkanes) is 2. The Bertz CT molecular complexity index is 1020. The van der Waals surface area contributed by atoms with Gasteiger partial charge in [-0.3, -0.25) is 9.52 Å². The zero-order valence-corrected chi connectivity index (χ0v) is 22.1. The van der Waals surface area contributed by atoms with Crippen LogP contribution in [0.1, 0.15) is 56.6 Å². The lowest BCUT2D eigenvalue weighted by Gasteiger charge is -2.32. The molecular formula is C27H36F2N4O2S. The van der Waals surface area contributed by atoms with Gasteiger partial charge in [0.05, 0.1) is 11.3 Å². The zero-order chi connectivity index (χ0) is 26.6. The average molecular weight is 519 g/mol. The van der Waals surface area contributed by atoms with E-state index in [-0.39, 0.29) is 23.0 Å². The maximum absolute atomic E-state index is 13.6. The minimum atomic E-state index is -0.852. The number of nitrogens with zero attached hydrogens (tertiary/aromatic N) is 2. The van der Waals surface area contributed by atoms with E-state index in [1.807, 2.05) is 18.2 Å². The van der Waals surface area contributed by atoms with Crippen molar-refractivity contribution in [2.75, 3.05) is 33.0 Å². The number of nitriles is 1.